The second-order valence-electron chi connectivity index (χ2n) is 11.6. The van der Waals surface area contributed by atoms with Gasteiger partial charge in [-0.05, 0) is 50.4 Å². The molecule has 0 aromatic heterocycles. The van der Waals surface area contributed by atoms with Crippen LogP contribution in [0.1, 0.15) is 56.1 Å². The molecular weight excluding hydrogens is 520 g/mol. The van der Waals surface area contributed by atoms with Gasteiger partial charge >= 0.3 is 5.97 Å². The zero-order valence-electron chi connectivity index (χ0n) is 22.6. The molecule has 0 aliphatic heterocycles. The van der Waals surface area contributed by atoms with Crippen LogP contribution in [0.4, 0.5) is 0 Å². The van der Waals surface area contributed by atoms with Crippen molar-refractivity contribution in [1.29, 1.82) is 0 Å². The number of esters is 1. The van der Waals surface area contributed by atoms with E-state index in [0.29, 0.717) is 5.56 Å². The number of nitrogens with zero attached hydrogens (tertiary/aromatic N) is 1. The number of hydrogen-bond acceptors (Lipinski definition) is 10. The summed E-state index contributed by atoms with van der Waals surface area (Å²) in [6.07, 6.45) is 2.40. The highest BCUT2D eigenvalue weighted by molar-refractivity contribution is 6.24. The summed E-state index contributed by atoms with van der Waals surface area (Å²) >= 11 is 0. The summed E-state index contributed by atoms with van der Waals surface area (Å²) in [6.45, 7) is 1.73. The highest BCUT2D eigenvalue weighted by Crippen LogP contribution is 2.57. The van der Waals surface area contributed by atoms with Crippen molar-refractivity contribution in [3.05, 3.63) is 46.2 Å². The van der Waals surface area contributed by atoms with E-state index in [9.17, 15) is 39.6 Å². The molecule has 2 saturated carbocycles. The number of amides is 1. The minimum atomic E-state index is -2.94. The van der Waals surface area contributed by atoms with Gasteiger partial charge in [-0.3, -0.25) is 24.1 Å². The molecule has 4 aliphatic carbocycles. The minimum Gasteiger partial charge on any atom is -0.508 e. The molecule has 0 bridgehead atoms. The van der Waals surface area contributed by atoms with Crippen LogP contribution < -0.4 is 5.73 Å². The Bertz CT molecular complexity index is 1370. The number of Topliss-reactive ketones (excluding diaryl/α,β-unsaturated/α-hetero) is 2. The molecule has 0 saturated heterocycles. The van der Waals surface area contributed by atoms with E-state index in [1.807, 2.05) is 0 Å². The predicted octanol–water partition coefficient (Wildman–Crippen LogP) is 1.63. The number of rotatable bonds is 5. The molecular formula is C29H34N2O9. The number of aromatic hydroxyl groups is 1. The summed E-state index contributed by atoms with van der Waals surface area (Å²) < 4.78 is 6.05. The fourth-order valence-electron chi connectivity index (χ4n) is 7.34. The largest absolute Gasteiger partial charge is 0.508 e. The van der Waals surface area contributed by atoms with Crippen LogP contribution >= 0.6 is 0 Å². The van der Waals surface area contributed by atoms with E-state index >= 15 is 0 Å². The van der Waals surface area contributed by atoms with Gasteiger partial charge in [-0.1, -0.05) is 31.9 Å². The van der Waals surface area contributed by atoms with E-state index in [1.54, 1.807) is 19.1 Å². The van der Waals surface area contributed by atoms with Crippen molar-refractivity contribution in [1.82, 2.24) is 4.90 Å². The Kier molecular flexibility index (Phi) is 6.78. The molecule has 2 fully saturated rings. The fourth-order valence-corrected chi connectivity index (χ4v) is 7.34. The summed E-state index contributed by atoms with van der Waals surface area (Å²) in [5, 5.41) is 45.2. The van der Waals surface area contributed by atoms with Crippen LogP contribution in [0.5, 0.6) is 5.75 Å². The Morgan fingerprint density at radius 2 is 1.77 bits per heavy atom. The van der Waals surface area contributed by atoms with Gasteiger partial charge in [0.25, 0.3) is 5.91 Å². The first-order chi connectivity index (χ1) is 18.8. The predicted molar refractivity (Wildman–Crippen MR) is 141 cm³/mol. The minimum absolute atomic E-state index is 0.0256. The van der Waals surface area contributed by atoms with E-state index in [-0.39, 0.29) is 29.2 Å². The number of phenolic OH excluding ortho intramolecular Hbond substituents is 1. The second kappa shape index (κ2) is 9.74. The molecule has 6 atom stereocenters. The van der Waals surface area contributed by atoms with Crippen molar-refractivity contribution in [3.8, 4) is 5.75 Å². The maximum atomic E-state index is 14.2. The standard InChI is InChI=1S/C29H34N2O9/c1-12-14-9-6-10-15(32)18(14)23(34)19-17(12)25(40-16(33)11-13-7-4-5-8-13)21-22(31(2)3)24(35)20(28(30)38)27(37)29(21,39)26(19)36/h6,9-10,12-13,17,21-22,25,32,34,37,39H,4-5,7-8,11H2,1-3H3,(H2,30,38)/t12-,17+,21+,22-,25-,29+/m1/s1. The molecule has 11 heteroatoms. The molecule has 1 aromatic carbocycles. The van der Waals surface area contributed by atoms with Gasteiger partial charge in [0, 0.05) is 17.9 Å². The molecule has 11 nitrogen and oxygen atoms in total. The highest BCUT2D eigenvalue weighted by atomic mass is 16.5. The molecule has 214 valence electrons. The number of carbonyl (C=O) groups excluding carboxylic acids is 4. The van der Waals surface area contributed by atoms with Gasteiger partial charge in [0.15, 0.2) is 11.4 Å². The van der Waals surface area contributed by atoms with Crippen LogP contribution in [-0.4, -0.2) is 80.6 Å². The molecule has 6 N–H and O–H groups in total. The maximum Gasteiger partial charge on any atom is 0.306 e. The van der Waals surface area contributed by atoms with Gasteiger partial charge in [0.2, 0.25) is 5.78 Å². The molecule has 1 amide bonds. The van der Waals surface area contributed by atoms with Crippen molar-refractivity contribution in [2.24, 2.45) is 23.5 Å². The van der Waals surface area contributed by atoms with Gasteiger partial charge in [-0.2, -0.15) is 0 Å². The first-order valence-corrected chi connectivity index (χ1v) is 13.5. The Labute approximate surface area is 230 Å². The lowest BCUT2D eigenvalue weighted by Gasteiger charge is -2.54. The number of aliphatic hydroxyl groups excluding tert-OH is 2. The Hall–Kier alpha value is -3.70. The normalized spacial score (nSPS) is 32.2. The van der Waals surface area contributed by atoms with Crippen molar-refractivity contribution in [2.75, 3.05) is 14.1 Å². The Morgan fingerprint density at radius 3 is 2.38 bits per heavy atom. The van der Waals surface area contributed by atoms with Crippen LogP contribution in [-0.2, 0) is 23.9 Å². The van der Waals surface area contributed by atoms with Crippen molar-refractivity contribution in [2.45, 2.75) is 62.7 Å². The van der Waals surface area contributed by atoms with E-state index in [0.717, 1.165) is 25.7 Å². The average molecular weight is 555 g/mol. The molecule has 0 radical (unpaired) electrons. The number of likely N-dealkylation sites (N-methyl/N-ethyl adjacent to an activating group) is 1. The van der Waals surface area contributed by atoms with Gasteiger partial charge < -0.3 is 30.9 Å². The van der Waals surface area contributed by atoms with Crippen LogP contribution in [0.15, 0.2) is 35.1 Å². The number of ether oxygens (including phenoxy) is 1. The third kappa shape index (κ3) is 3.86. The van der Waals surface area contributed by atoms with Crippen LogP contribution in [0.3, 0.4) is 0 Å². The summed E-state index contributed by atoms with van der Waals surface area (Å²) in [5.74, 6) is -9.35. The molecule has 5 rings (SSSR count). The molecule has 0 spiro atoms. The zero-order valence-corrected chi connectivity index (χ0v) is 22.6. The van der Waals surface area contributed by atoms with Crippen molar-refractivity contribution < 1.29 is 44.3 Å². The summed E-state index contributed by atoms with van der Waals surface area (Å²) in [6, 6.07) is 3.17. The Morgan fingerprint density at radius 1 is 1.12 bits per heavy atom. The lowest BCUT2D eigenvalue weighted by atomic mass is 9.54. The van der Waals surface area contributed by atoms with Crippen LogP contribution in [0.25, 0.3) is 5.76 Å². The van der Waals surface area contributed by atoms with E-state index in [1.165, 1.54) is 25.1 Å². The number of nitrogens with two attached hydrogens (primary N) is 1. The fraction of sp³-hybridized carbons (Fsp3) is 0.517. The second-order valence-corrected chi connectivity index (χ2v) is 11.6. The van der Waals surface area contributed by atoms with E-state index in [2.05, 4.69) is 0 Å². The van der Waals surface area contributed by atoms with Crippen molar-refractivity contribution in [3.63, 3.8) is 0 Å². The lowest BCUT2D eigenvalue weighted by molar-refractivity contribution is -0.186. The van der Waals surface area contributed by atoms with Gasteiger partial charge in [-0.25, -0.2) is 0 Å². The molecule has 40 heavy (non-hydrogen) atoms. The number of hydrogen-bond donors (Lipinski definition) is 5. The van der Waals surface area contributed by atoms with E-state index in [4.69, 9.17) is 10.5 Å². The topological polar surface area (TPSA) is 188 Å². The quantitative estimate of drug-likeness (QED) is 0.264. The number of ketones is 2. The summed E-state index contributed by atoms with van der Waals surface area (Å²) in [5.41, 5.74) is 1.61. The van der Waals surface area contributed by atoms with Gasteiger partial charge in [0.1, 0.15) is 28.9 Å². The first-order valence-electron chi connectivity index (χ1n) is 13.5. The maximum absolute atomic E-state index is 14.2. The first kappa shape index (κ1) is 27.9. The molecule has 0 heterocycles. The number of primary amides is 1. The molecule has 1 aromatic rings. The number of benzene rings is 1. The van der Waals surface area contributed by atoms with Crippen molar-refractivity contribution >= 4 is 29.2 Å². The average Bonchev–Trinajstić information content (AvgIpc) is 3.38. The third-order valence-corrected chi connectivity index (χ3v) is 9.16. The van der Waals surface area contributed by atoms with Gasteiger partial charge in [-0.15, -0.1) is 0 Å². The highest BCUT2D eigenvalue weighted by Gasteiger charge is 2.69. The molecule has 4 aliphatic rings. The van der Waals surface area contributed by atoms with Crippen LogP contribution in [0.2, 0.25) is 0 Å². The summed E-state index contributed by atoms with van der Waals surface area (Å²) in [4.78, 5) is 54.8. The molecule has 0 unspecified atom stereocenters. The lowest BCUT2D eigenvalue weighted by Crippen LogP contribution is -2.71. The number of carbonyl (C=O) groups is 4. The smallest absolute Gasteiger partial charge is 0.306 e. The Balaban J connectivity index is 1.76. The zero-order chi connectivity index (χ0) is 29.3. The van der Waals surface area contributed by atoms with E-state index < -0.39 is 76.0 Å². The van der Waals surface area contributed by atoms with Gasteiger partial charge in [0.05, 0.1) is 17.5 Å². The third-order valence-electron chi connectivity index (χ3n) is 9.16. The monoisotopic (exact) mass is 554 g/mol. The SMILES string of the molecule is C[C@@H]1c2cccc(O)c2C(O)=C2C(=O)[C@]3(O)C(O)=C(C(N)=O)C(=O)[C@H](N(C)C)[C@H]3[C@H](OC(=O)CC3CCCC3)[C@H]21. The number of fused-ring (bicyclic) bond motifs is 3. The number of aliphatic hydroxyl groups is 3. The summed E-state index contributed by atoms with van der Waals surface area (Å²) in [7, 11) is 2.98. The number of phenols is 1. The van der Waals surface area contributed by atoms with Crippen LogP contribution in [0, 0.1) is 17.8 Å².